The Morgan fingerprint density at radius 2 is 0.688 bits per heavy atom. The van der Waals surface area contributed by atoms with E-state index in [-0.39, 0.29) is 63.3 Å². The quantitative estimate of drug-likeness (QED) is 0.0117. The van der Waals surface area contributed by atoms with Crippen LogP contribution in [0.1, 0.15) is 196 Å². The third-order valence-corrected chi connectivity index (χ3v) is 23.6. The zero-order valence-corrected chi connectivity index (χ0v) is 65.4. The molecule has 0 radical (unpaired) electrons. The zero-order valence-electron chi connectivity index (χ0n) is 57.2. The third kappa shape index (κ3) is 52.0. The van der Waals surface area contributed by atoms with E-state index in [4.69, 9.17) is 61.0 Å². The number of phosphoric acid groups is 3. The predicted molar refractivity (Wildman–Crippen MR) is 374 cm³/mol. The summed E-state index contributed by atoms with van der Waals surface area (Å²) in [5.41, 5.74) is -5.28. The van der Waals surface area contributed by atoms with Crippen LogP contribution in [0.25, 0.3) is 0 Å². The minimum absolute atomic E-state index is 0. The van der Waals surface area contributed by atoms with Crippen LogP contribution < -0.4 is 0 Å². The molecule has 0 aromatic rings. The summed E-state index contributed by atoms with van der Waals surface area (Å²) in [6, 6.07) is 0. The van der Waals surface area contributed by atoms with Crippen LogP contribution in [-0.2, 0) is 99.6 Å². The van der Waals surface area contributed by atoms with Crippen molar-refractivity contribution in [3.63, 3.8) is 0 Å². The van der Waals surface area contributed by atoms with Crippen molar-refractivity contribution in [1.82, 2.24) is 0 Å². The van der Waals surface area contributed by atoms with Crippen LogP contribution in [0.2, 0.25) is 0 Å². The second kappa shape index (κ2) is 54.9. The first-order chi connectivity index (χ1) is 44.0. The van der Waals surface area contributed by atoms with Gasteiger partial charge in [0.25, 0.3) is 0 Å². The maximum atomic E-state index is 13.9. The number of phosphoric ester groups is 3. The Morgan fingerprint density at radius 1 is 0.387 bits per heavy atom. The van der Waals surface area contributed by atoms with Crippen molar-refractivity contribution in [2.24, 2.45) is 27.6 Å². The molecule has 10 atom stereocenters. The molecule has 10 unspecified atom stereocenters. The van der Waals surface area contributed by atoms with Gasteiger partial charge in [-0.1, -0.05) is 130 Å². The molecule has 0 aromatic carbocycles. The van der Waals surface area contributed by atoms with Gasteiger partial charge in [-0.2, -0.15) is 50.5 Å². The molecule has 0 aromatic heterocycles. The summed E-state index contributed by atoms with van der Waals surface area (Å²) in [5, 5.41) is 19.7. The summed E-state index contributed by atoms with van der Waals surface area (Å²) in [6.07, 6.45) is 25.3. The molecule has 0 bridgehead atoms. The van der Waals surface area contributed by atoms with Crippen LogP contribution in [0.3, 0.4) is 0 Å². The number of hydrogen-bond acceptors (Lipinski definition) is 24. The fraction of sp³-hybridized carbons (Fsp3) is 1.00. The Kier molecular flexibility index (Phi) is 55.1. The zero-order chi connectivity index (χ0) is 69.5. The van der Waals surface area contributed by atoms with Crippen LogP contribution in [0.4, 0.5) is 0 Å². The molecule has 24 nitrogen and oxygen atoms in total. The van der Waals surface area contributed by atoms with Crippen molar-refractivity contribution >= 4 is 89.2 Å². The van der Waals surface area contributed by atoms with Gasteiger partial charge in [-0.25, -0.2) is 13.7 Å². The standard InChI is InChI=1S/C55H115O24P5S4.C4H8.Fe/c1-52(38-57,39-67-28-15-5-9-19-34-85)43-74-82(61,62)76-46-54(3,41-69-30-17-7-11-21-36-87)47-78-84(65,66)79-49-55(4,42-70-31-18-8-12-22-37-88)48-77-83(63,64)75-45-53(2,40-68-29-16-6-10-20-35-86)44-73-80(58,59)50-81(60,72-33-27-56)71-32-23-26-51-24-13-14-25-51;1-2-4-3-1;/h51,56-57,85-88H,5-50H2,1-4H3,(H,58,59)(H,61,62)(H,63,64)(H,65,66);1-4H2;/i33T;;. The maximum Gasteiger partial charge on any atom is 0.472 e. The van der Waals surface area contributed by atoms with Crippen LogP contribution in [0, 0.1) is 27.6 Å². The minimum Gasteiger partial charge on any atom is -0.396 e. The van der Waals surface area contributed by atoms with Gasteiger partial charge in [-0.3, -0.25) is 36.3 Å². The van der Waals surface area contributed by atoms with Crippen molar-refractivity contribution in [3.8, 4) is 0 Å². The molecule has 0 amide bonds. The minimum atomic E-state index is -5.08. The fourth-order valence-corrected chi connectivity index (χ4v) is 16.8. The fourth-order valence-electron chi connectivity index (χ4n) is 8.89. The van der Waals surface area contributed by atoms with E-state index in [0.29, 0.717) is 44.8 Å². The number of rotatable bonds is 64. The second-order valence-electron chi connectivity index (χ2n) is 25.9. The van der Waals surface area contributed by atoms with E-state index < -0.39 is 132 Å². The number of unbranched alkanes of at least 4 members (excludes halogenated alkanes) is 12. The summed E-state index contributed by atoms with van der Waals surface area (Å²) in [5.74, 6) is 2.32. The van der Waals surface area contributed by atoms with Crippen molar-refractivity contribution in [3.05, 3.63) is 0 Å². The third-order valence-electron chi connectivity index (χ3n) is 15.2. The second-order valence-corrected chi connectivity index (χ2v) is 36.4. The molecule has 6 N–H and O–H groups in total. The molecular formula is C59H123FeO24P5S4. The molecule has 2 rings (SSSR count). The topological polar surface area (TPSA) is 327 Å². The first-order valence-corrected chi connectivity index (χ1v) is 43.6. The van der Waals surface area contributed by atoms with Gasteiger partial charge in [-0.05, 0) is 93.1 Å². The van der Waals surface area contributed by atoms with E-state index in [0.717, 1.165) is 139 Å². The molecule has 34 heteroatoms. The van der Waals surface area contributed by atoms with E-state index in [1.807, 2.05) is 0 Å². The van der Waals surface area contributed by atoms with Gasteiger partial charge in [0.2, 0.25) is 0 Å². The Morgan fingerprint density at radius 3 is 0.989 bits per heavy atom. The first kappa shape index (κ1) is 93.3. The molecule has 0 aliphatic heterocycles. The summed E-state index contributed by atoms with van der Waals surface area (Å²) < 4.78 is 149. The molecule has 0 heterocycles. The number of hydrogen-bond donors (Lipinski definition) is 10. The smallest absolute Gasteiger partial charge is 0.396 e. The maximum absolute atomic E-state index is 13.9. The number of aliphatic hydroxyl groups is 2. The molecule has 2 fully saturated rings. The number of thiol groups is 4. The van der Waals surface area contributed by atoms with Crippen LogP contribution in [-0.4, -0.2) is 184 Å². The molecule has 2 aliphatic rings. The van der Waals surface area contributed by atoms with Crippen molar-refractivity contribution in [2.75, 3.05) is 154 Å². The molecule has 0 saturated heterocycles. The molecule has 2 aliphatic carbocycles. The van der Waals surface area contributed by atoms with Gasteiger partial charge >= 0.3 is 38.7 Å². The van der Waals surface area contributed by atoms with Gasteiger partial charge < -0.3 is 62.3 Å². The van der Waals surface area contributed by atoms with E-state index in [1.54, 1.807) is 13.8 Å². The van der Waals surface area contributed by atoms with Gasteiger partial charge in [0, 0.05) is 65.2 Å². The van der Waals surface area contributed by atoms with Gasteiger partial charge in [0.1, 0.15) is 0 Å². The van der Waals surface area contributed by atoms with Crippen molar-refractivity contribution in [1.29, 1.82) is 0 Å². The normalized spacial score (nSPS) is 20.1. The number of ether oxygens (including phenoxy) is 4. The largest absolute Gasteiger partial charge is 0.472 e. The Hall–Kier alpha value is 2.31. The van der Waals surface area contributed by atoms with Crippen molar-refractivity contribution < 1.29 is 131 Å². The monoisotopic (exact) mass is 1560 g/mol. The molecular weight excluding hydrogens is 1430 g/mol. The predicted octanol–water partition coefficient (Wildman–Crippen LogP) is 14.3. The van der Waals surface area contributed by atoms with Gasteiger partial charge in [-0.15, -0.1) is 0 Å². The Balaban J connectivity index is 0.0000166. The average Bonchev–Trinajstić information content (AvgIpc) is 0.971. The van der Waals surface area contributed by atoms with Crippen molar-refractivity contribution in [2.45, 2.75) is 195 Å². The molecule has 2 saturated carbocycles. The Bertz CT molecular complexity index is 2130. The Labute approximate surface area is 592 Å². The van der Waals surface area contributed by atoms with Crippen LogP contribution in [0.5, 0.6) is 0 Å². The summed E-state index contributed by atoms with van der Waals surface area (Å²) in [6.45, 7) is -0.404. The van der Waals surface area contributed by atoms with Gasteiger partial charge in [0.15, 0.2) is 5.90 Å². The molecule has 0 spiro atoms. The average molecular weight is 1560 g/mol. The van der Waals surface area contributed by atoms with E-state index in [1.165, 1.54) is 39.5 Å². The van der Waals surface area contributed by atoms with E-state index in [9.17, 15) is 52.6 Å². The van der Waals surface area contributed by atoms with E-state index >= 15 is 0 Å². The molecule has 93 heavy (non-hydrogen) atoms. The summed E-state index contributed by atoms with van der Waals surface area (Å²) in [4.78, 5) is 44.3. The summed E-state index contributed by atoms with van der Waals surface area (Å²) in [7, 11) is -24.3. The van der Waals surface area contributed by atoms with Crippen LogP contribution >= 0.6 is 89.2 Å². The number of aliphatic hydroxyl groups excluding tert-OH is 2. The SMILES string of the molecule is C1CCC1.[3H]C(CO)OP(=O)(CP(=O)(O)OCC(C)(COCCCCCCS)COP(=O)(O)OCC(C)(COCCCCCCS)COP(=O)(O)OCC(C)(COCCCCCCS)COP(=O)(O)OCC(C)(CO)COCCCCCCS)OCCCC1CCCC1.[Fe]. The van der Waals surface area contributed by atoms with Gasteiger partial charge in [0.05, 0.1) is 100 Å². The van der Waals surface area contributed by atoms with Crippen LogP contribution in [0.15, 0.2) is 0 Å². The molecule has 560 valence electrons. The summed E-state index contributed by atoms with van der Waals surface area (Å²) >= 11 is 17.0. The first-order valence-electron chi connectivity index (χ1n) is 33.7. The van der Waals surface area contributed by atoms with E-state index in [2.05, 4.69) is 50.5 Å².